The van der Waals surface area contributed by atoms with Crippen LogP contribution in [-0.4, -0.2) is 53.3 Å². The molecule has 0 saturated carbocycles. The number of nitrogens with zero attached hydrogens (tertiary/aromatic N) is 3. The Morgan fingerprint density at radius 3 is 2.46 bits per heavy atom. The van der Waals surface area contributed by atoms with Crippen molar-refractivity contribution in [3.63, 3.8) is 0 Å². The first-order valence-corrected chi connectivity index (χ1v) is 14.5. The summed E-state index contributed by atoms with van der Waals surface area (Å²) in [6.07, 6.45) is 9.10. The largest absolute Gasteiger partial charge is 0.345 e. The highest BCUT2D eigenvalue weighted by atomic mass is 79.9. The summed E-state index contributed by atoms with van der Waals surface area (Å²) in [5.74, 6) is 1.26. The van der Waals surface area contributed by atoms with Crippen LogP contribution in [0.1, 0.15) is 60.4 Å². The predicted molar refractivity (Wildman–Crippen MR) is 145 cm³/mol. The van der Waals surface area contributed by atoms with Crippen molar-refractivity contribution in [1.29, 1.82) is 0 Å². The minimum atomic E-state index is 0.187. The van der Waals surface area contributed by atoms with E-state index in [1.54, 1.807) is 0 Å². The van der Waals surface area contributed by atoms with E-state index in [2.05, 4.69) is 48.9 Å². The highest BCUT2D eigenvalue weighted by molar-refractivity contribution is 9.10. The van der Waals surface area contributed by atoms with Crippen LogP contribution in [0.5, 0.6) is 0 Å². The third-order valence-corrected chi connectivity index (χ3v) is 9.35. The molecule has 0 bridgehead atoms. The number of pyridine rings is 1. The number of rotatable bonds is 4. The second-order valence-electron chi connectivity index (χ2n) is 10.1. The van der Waals surface area contributed by atoms with Gasteiger partial charge < -0.3 is 9.80 Å². The Kier molecular flexibility index (Phi) is 7.85. The smallest absolute Gasteiger partial charge is 0.222 e. The van der Waals surface area contributed by atoms with Crippen LogP contribution in [0.3, 0.4) is 0 Å². The highest BCUT2D eigenvalue weighted by Crippen LogP contribution is 2.46. The van der Waals surface area contributed by atoms with E-state index >= 15 is 0 Å². The minimum Gasteiger partial charge on any atom is -0.345 e. The fourth-order valence-electron chi connectivity index (χ4n) is 6.15. The number of amides is 2. The van der Waals surface area contributed by atoms with Crippen molar-refractivity contribution in [1.82, 2.24) is 14.8 Å². The molecule has 35 heavy (non-hydrogen) atoms. The molecule has 0 radical (unpaired) electrons. The molecule has 1 atom stereocenters. The van der Waals surface area contributed by atoms with Gasteiger partial charge in [0.1, 0.15) is 0 Å². The number of carbonyl (C=O) groups is 2. The normalized spacial score (nSPS) is 21.3. The van der Waals surface area contributed by atoms with E-state index in [1.807, 2.05) is 17.2 Å². The van der Waals surface area contributed by atoms with Crippen molar-refractivity contribution >= 4 is 55.8 Å². The summed E-state index contributed by atoms with van der Waals surface area (Å²) in [5, 5.41) is 0.758. The molecule has 2 saturated heterocycles. The molecule has 0 spiro atoms. The third kappa shape index (κ3) is 5.47. The van der Waals surface area contributed by atoms with Crippen LogP contribution >= 0.6 is 43.5 Å². The van der Waals surface area contributed by atoms with E-state index in [1.165, 1.54) is 22.4 Å². The topological polar surface area (TPSA) is 53.5 Å². The lowest BCUT2D eigenvalue weighted by Crippen LogP contribution is -2.42. The number of carbonyl (C=O) groups excluding carboxylic acids is 2. The Balaban J connectivity index is 1.33. The van der Waals surface area contributed by atoms with Crippen LogP contribution in [-0.2, 0) is 22.4 Å². The van der Waals surface area contributed by atoms with Crippen molar-refractivity contribution < 1.29 is 9.59 Å². The number of halogens is 3. The molecule has 2 aromatic rings. The van der Waals surface area contributed by atoms with Crippen LogP contribution in [0, 0.1) is 11.8 Å². The lowest BCUT2D eigenvalue weighted by Gasteiger charge is -2.38. The predicted octanol–water partition coefficient (Wildman–Crippen LogP) is 5.99. The average molecular weight is 624 g/mol. The molecule has 2 fully saturated rings. The fraction of sp³-hybridized carbons (Fsp3) is 0.519. The van der Waals surface area contributed by atoms with E-state index in [0.717, 1.165) is 85.1 Å². The molecule has 186 valence electrons. The number of benzene rings is 1. The molecule has 0 N–H and O–H groups in total. The summed E-state index contributed by atoms with van der Waals surface area (Å²) < 4.78 is 2.07. The summed E-state index contributed by atoms with van der Waals surface area (Å²) >= 11 is 13.9. The van der Waals surface area contributed by atoms with E-state index in [9.17, 15) is 9.59 Å². The fourth-order valence-corrected chi connectivity index (χ4v) is 7.65. The Bertz CT molecular complexity index is 1110. The Morgan fingerprint density at radius 1 is 1.03 bits per heavy atom. The molecule has 2 aliphatic heterocycles. The maximum Gasteiger partial charge on any atom is 0.222 e. The molecule has 3 heterocycles. The number of likely N-dealkylation sites (tertiary alicyclic amines) is 2. The molecule has 0 unspecified atom stereocenters. The average Bonchev–Trinajstić information content (AvgIpc) is 3.01. The van der Waals surface area contributed by atoms with Crippen LogP contribution in [0.25, 0.3) is 0 Å². The number of hydrogen-bond acceptors (Lipinski definition) is 3. The van der Waals surface area contributed by atoms with Crippen LogP contribution < -0.4 is 0 Å². The van der Waals surface area contributed by atoms with Crippen molar-refractivity contribution in [3.05, 3.63) is 60.7 Å². The van der Waals surface area contributed by atoms with Gasteiger partial charge in [-0.05, 0) is 101 Å². The molecule has 2 amide bonds. The van der Waals surface area contributed by atoms with Crippen LogP contribution in [0.2, 0.25) is 5.02 Å². The first-order valence-electron chi connectivity index (χ1n) is 12.5. The summed E-state index contributed by atoms with van der Waals surface area (Å²) in [7, 11) is 0. The van der Waals surface area contributed by atoms with Gasteiger partial charge in [0.2, 0.25) is 12.3 Å². The Morgan fingerprint density at radius 2 is 1.74 bits per heavy atom. The second-order valence-corrected chi connectivity index (χ2v) is 12.3. The summed E-state index contributed by atoms with van der Waals surface area (Å²) in [5.41, 5.74) is 5.07. The maximum atomic E-state index is 13.1. The first kappa shape index (κ1) is 25.2. The molecular formula is C27H30Br2ClN3O2. The van der Waals surface area contributed by atoms with Gasteiger partial charge in [0, 0.05) is 58.7 Å². The van der Waals surface area contributed by atoms with Gasteiger partial charge in [0.25, 0.3) is 0 Å². The van der Waals surface area contributed by atoms with Gasteiger partial charge >= 0.3 is 0 Å². The summed E-state index contributed by atoms with van der Waals surface area (Å²) in [6.45, 7) is 3.12. The lowest BCUT2D eigenvalue weighted by molar-refractivity contribution is -0.134. The van der Waals surface area contributed by atoms with E-state index in [4.69, 9.17) is 16.6 Å². The van der Waals surface area contributed by atoms with Crippen molar-refractivity contribution in [3.8, 4) is 0 Å². The quantitative estimate of drug-likeness (QED) is 0.394. The zero-order valence-electron chi connectivity index (χ0n) is 19.7. The van der Waals surface area contributed by atoms with Crippen LogP contribution in [0.15, 0.2) is 33.3 Å². The molecule has 3 aliphatic rings. The van der Waals surface area contributed by atoms with Gasteiger partial charge in [-0.1, -0.05) is 27.5 Å². The molecule has 5 rings (SSSR count). The maximum absolute atomic E-state index is 13.1. The van der Waals surface area contributed by atoms with Gasteiger partial charge in [-0.2, -0.15) is 0 Å². The minimum absolute atomic E-state index is 0.187. The van der Waals surface area contributed by atoms with Gasteiger partial charge in [-0.15, -0.1) is 0 Å². The first-order chi connectivity index (χ1) is 16.9. The van der Waals surface area contributed by atoms with Crippen molar-refractivity contribution in [2.75, 3.05) is 26.2 Å². The molecule has 1 aromatic carbocycles. The van der Waals surface area contributed by atoms with Crippen LogP contribution in [0.4, 0.5) is 0 Å². The number of fused-ring (bicyclic) bond motifs is 2. The Labute approximate surface area is 228 Å². The zero-order chi connectivity index (χ0) is 24.5. The zero-order valence-corrected chi connectivity index (χ0v) is 23.6. The van der Waals surface area contributed by atoms with E-state index in [0.29, 0.717) is 18.3 Å². The number of hydrogen-bond donors (Lipinski definition) is 0. The molecule has 8 heteroatoms. The monoisotopic (exact) mass is 621 g/mol. The van der Waals surface area contributed by atoms with Gasteiger partial charge in [0.05, 0.1) is 5.69 Å². The van der Waals surface area contributed by atoms with Gasteiger partial charge in [-0.25, -0.2) is 0 Å². The number of aromatic nitrogens is 1. The molecule has 1 aliphatic carbocycles. The van der Waals surface area contributed by atoms with Gasteiger partial charge in [0.15, 0.2) is 0 Å². The molecule has 1 aromatic heterocycles. The number of piperidine rings is 2. The van der Waals surface area contributed by atoms with Crippen molar-refractivity contribution in [2.24, 2.45) is 11.8 Å². The number of aryl methyl sites for hydroxylation is 2. The third-order valence-electron chi connectivity index (χ3n) is 8.04. The lowest BCUT2D eigenvalue weighted by atomic mass is 9.76. The standard InChI is InChI=1S/C27H30Br2ClN3O2/c28-21-12-20-2-1-19-13-22(30)14-23(29)25(19)26(27(20)31-15-21)18-5-9-33(10-6-18)24(35)11-17-3-7-32(16-34)8-4-17/h12-18,26H,1-11H2/t26-/m1/s1. The summed E-state index contributed by atoms with van der Waals surface area (Å²) in [4.78, 5) is 32.9. The Hall–Kier alpha value is -1.44. The van der Waals surface area contributed by atoms with E-state index < -0.39 is 0 Å². The second kappa shape index (κ2) is 10.9. The highest BCUT2D eigenvalue weighted by Gasteiger charge is 2.36. The molecule has 5 nitrogen and oxygen atoms in total. The molecular weight excluding hydrogens is 594 g/mol. The van der Waals surface area contributed by atoms with Gasteiger partial charge in [-0.3, -0.25) is 14.6 Å². The summed E-state index contributed by atoms with van der Waals surface area (Å²) in [6, 6.07) is 6.33. The van der Waals surface area contributed by atoms with Crippen molar-refractivity contribution in [2.45, 2.75) is 50.9 Å². The SMILES string of the molecule is O=CN1CCC(CC(=O)N2CCC([C@H]3c4ncc(Br)cc4CCc4cc(Cl)cc(Br)c43)CC2)CC1. The van der Waals surface area contributed by atoms with E-state index in [-0.39, 0.29) is 11.8 Å².